The lowest BCUT2D eigenvalue weighted by Crippen LogP contribution is -2.50. The number of halogens is 2. The molecule has 6 nitrogen and oxygen atoms in total. The molecule has 0 bridgehead atoms. The maximum atomic E-state index is 13.1. The molecule has 1 saturated carbocycles. The van der Waals surface area contributed by atoms with Crippen molar-refractivity contribution < 1.29 is 9.18 Å². The van der Waals surface area contributed by atoms with Gasteiger partial charge in [-0.15, -0.1) is 0 Å². The highest BCUT2D eigenvalue weighted by Crippen LogP contribution is 2.33. The average molecular weight is 440 g/mol. The van der Waals surface area contributed by atoms with Crippen LogP contribution in [-0.4, -0.2) is 48.1 Å². The van der Waals surface area contributed by atoms with Gasteiger partial charge in [0.1, 0.15) is 11.6 Å². The molecule has 0 radical (unpaired) electrons. The summed E-state index contributed by atoms with van der Waals surface area (Å²) in [5.74, 6) is 0.539. The topological polar surface area (TPSA) is 60.5 Å². The first-order chi connectivity index (χ1) is 15.0. The van der Waals surface area contributed by atoms with Gasteiger partial charge in [0.2, 0.25) is 0 Å². The van der Waals surface area contributed by atoms with Gasteiger partial charge in [0.15, 0.2) is 0 Å². The monoisotopic (exact) mass is 439 g/mol. The van der Waals surface area contributed by atoms with E-state index in [0.29, 0.717) is 42.9 Å². The minimum Gasteiger partial charge on any atom is -0.367 e. The largest absolute Gasteiger partial charge is 0.367 e. The Hall–Kier alpha value is -3.06. The van der Waals surface area contributed by atoms with E-state index in [4.69, 9.17) is 16.6 Å². The lowest BCUT2D eigenvalue weighted by atomic mass is 10.1. The van der Waals surface area contributed by atoms with E-state index in [-0.39, 0.29) is 11.8 Å². The number of carbonyl (C=O) groups excluding carboxylic acids is 1. The first-order valence-electron chi connectivity index (χ1n) is 10.5. The summed E-state index contributed by atoms with van der Waals surface area (Å²) < 4.78 is 13.1. The molecule has 2 aliphatic rings. The number of rotatable bonds is 4. The lowest BCUT2D eigenvalue weighted by molar-refractivity contribution is 0.208. The normalized spacial score (nSPS) is 16.5. The maximum absolute atomic E-state index is 13.1. The summed E-state index contributed by atoms with van der Waals surface area (Å²) in [5, 5.41) is 8.03. The molecule has 0 spiro atoms. The summed E-state index contributed by atoms with van der Waals surface area (Å²) in [6.45, 7) is 2.61. The summed E-state index contributed by atoms with van der Waals surface area (Å²) >= 11 is 6.21. The molecule has 1 aliphatic heterocycles. The Kier molecular flexibility index (Phi) is 5.28. The Balaban J connectivity index is 1.31. The van der Waals surface area contributed by atoms with E-state index in [2.05, 4.69) is 21.6 Å². The van der Waals surface area contributed by atoms with Crippen molar-refractivity contribution in [2.75, 3.05) is 41.7 Å². The minimum atomic E-state index is -0.326. The Morgan fingerprint density at radius 3 is 2.48 bits per heavy atom. The van der Waals surface area contributed by atoms with Gasteiger partial charge < -0.3 is 20.4 Å². The van der Waals surface area contributed by atoms with Gasteiger partial charge in [-0.25, -0.2) is 14.2 Å². The zero-order valence-electron chi connectivity index (χ0n) is 16.9. The van der Waals surface area contributed by atoms with E-state index in [1.807, 2.05) is 18.2 Å². The second-order valence-electron chi connectivity index (χ2n) is 8.02. The van der Waals surface area contributed by atoms with E-state index in [0.717, 1.165) is 22.4 Å². The molecular weight excluding hydrogens is 417 g/mol. The fourth-order valence-corrected chi connectivity index (χ4v) is 4.01. The summed E-state index contributed by atoms with van der Waals surface area (Å²) in [6, 6.07) is 14.0. The van der Waals surface area contributed by atoms with Crippen molar-refractivity contribution in [3.05, 3.63) is 59.4 Å². The van der Waals surface area contributed by atoms with Gasteiger partial charge in [-0.05, 0) is 55.3 Å². The molecule has 0 atom stereocenters. The highest BCUT2D eigenvalue weighted by molar-refractivity contribution is 6.31. The third-order valence-corrected chi connectivity index (χ3v) is 5.92. The van der Waals surface area contributed by atoms with Crippen LogP contribution in [-0.2, 0) is 0 Å². The van der Waals surface area contributed by atoms with Crippen molar-refractivity contribution in [3.8, 4) is 0 Å². The molecule has 1 aromatic heterocycles. The Morgan fingerprint density at radius 2 is 1.77 bits per heavy atom. The Bertz CT molecular complexity index is 1110. The molecule has 2 fully saturated rings. The molecule has 1 aliphatic carbocycles. The number of fused-ring (bicyclic) bond motifs is 1. The van der Waals surface area contributed by atoms with Crippen molar-refractivity contribution in [1.29, 1.82) is 0 Å². The van der Waals surface area contributed by atoms with Crippen LogP contribution >= 0.6 is 11.6 Å². The second kappa shape index (κ2) is 8.23. The van der Waals surface area contributed by atoms with Crippen molar-refractivity contribution in [2.45, 2.75) is 18.9 Å². The number of carbonyl (C=O) groups is 1. The molecule has 8 heteroatoms. The van der Waals surface area contributed by atoms with Crippen LogP contribution in [0.4, 0.5) is 26.4 Å². The predicted molar refractivity (Wildman–Crippen MR) is 123 cm³/mol. The zero-order chi connectivity index (χ0) is 21.4. The number of hydrogen-bond donors (Lipinski definition) is 2. The van der Waals surface area contributed by atoms with E-state index >= 15 is 0 Å². The third kappa shape index (κ3) is 4.51. The quantitative estimate of drug-likeness (QED) is 0.603. The smallest absolute Gasteiger partial charge is 0.321 e. The van der Waals surface area contributed by atoms with Gasteiger partial charge in [0, 0.05) is 60.1 Å². The lowest BCUT2D eigenvalue weighted by Gasteiger charge is -2.36. The van der Waals surface area contributed by atoms with Crippen LogP contribution in [0.5, 0.6) is 0 Å². The van der Waals surface area contributed by atoms with Crippen LogP contribution in [0.25, 0.3) is 10.9 Å². The Morgan fingerprint density at radius 1 is 1.03 bits per heavy atom. The summed E-state index contributed by atoms with van der Waals surface area (Å²) in [4.78, 5) is 21.4. The fourth-order valence-electron chi connectivity index (χ4n) is 3.84. The minimum absolute atomic E-state index is 0.172. The molecule has 5 rings (SSSR count). The molecule has 2 amide bonds. The van der Waals surface area contributed by atoms with Crippen LogP contribution in [0, 0.1) is 5.82 Å². The number of nitrogens with one attached hydrogen (secondary N) is 2. The number of benzene rings is 2. The SMILES string of the molecule is O=C(Nc1ccc(F)cc1)N1CCN(c2cc(NC3CC3)nc3cc(Cl)ccc23)CC1. The van der Waals surface area contributed by atoms with Crippen molar-refractivity contribution in [2.24, 2.45) is 0 Å². The molecule has 0 unspecified atom stereocenters. The van der Waals surface area contributed by atoms with Gasteiger partial charge in [0.25, 0.3) is 0 Å². The van der Waals surface area contributed by atoms with Gasteiger partial charge in [0.05, 0.1) is 5.52 Å². The maximum Gasteiger partial charge on any atom is 0.321 e. The van der Waals surface area contributed by atoms with Crippen LogP contribution in [0.3, 0.4) is 0 Å². The van der Waals surface area contributed by atoms with E-state index in [9.17, 15) is 9.18 Å². The van der Waals surface area contributed by atoms with Gasteiger partial charge in [-0.1, -0.05) is 11.6 Å². The standard InChI is InChI=1S/C23H23ClFN5O/c24-15-1-8-19-20(13-15)28-22(26-17-6-7-17)14-21(19)29-9-11-30(12-10-29)23(31)27-18-4-2-16(25)3-5-18/h1-5,8,13-14,17H,6-7,9-12H2,(H,26,28)(H,27,31). The highest BCUT2D eigenvalue weighted by Gasteiger charge is 2.25. The molecular formula is C23H23ClFN5O. The number of piperazine rings is 1. The summed E-state index contributed by atoms with van der Waals surface area (Å²) in [7, 11) is 0. The first-order valence-corrected chi connectivity index (χ1v) is 10.9. The molecule has 2 N–H and O–H groups in total. The summed E-state index contributed by atoms with van der Waals surface area (Å²) in [6.07, 6.45) is 2.35. The zero-order valence-corrected chi connectivity index (χ0v) is 17.7. The van der Waals surface area contributed by atoms with Crippen LogP contribution in [0.15, 0.2) is 48.5 Å². The number of urea groups is 1. The number of pyridine rings is 1. The number of amides is 2. The van der Waals surface area contributed by atoms with Crippen molar-refractivity contribution in [1.82, 2.24) is 9.88 Å². The number of aromatic nitrogens is 1. The van der Waals surface area contributed by atoms with Gasteiger partial charge in [-0.3, -0.25) is 0 Å². The second-order valence-corrected chi connectivity index (χ2v) is 8.45. The average Bonchev–Trinajstić information content (AvgIpc) is 3.58. The van der Waals surface area contributed by atoms with E-state index in [1.165, 1.54) is 25.0 Å². The fraction of sp³-hybridized carbons (Fsp3) is 0.304. The predicted octanol–water partition coefficient (Wildman–Crippen LogP) is 4.96. The van der Waals surface area contributed by atoms with Crippen molar-refractivity contribution >= 4 is 45.7 Å². The third-order valence-electron chi connectivity index (χ3n) is 5.68. The molecule has 160 valence electrons. The first kappa shape index (κ1) is 19.9. The molecule has 3 aromatic rings. The van der Waals surface area contributed by atoms with Crippen LogP contribution in [0.2, 0.25) is 5.02 Å². The molecule has 2 aromatic carbocycles. The van der Waals surface area contributed by atoms with Crippen molar-refractivity contribution in [3.63, 3.8) is 0 Å². The number of anilines is 3. The number of nitrogens with zero attached hydrogens (tertiary/aromatic N) is 3. The van der Waals surface area contributed by atoms with Gasteiger partial charge in [-0.2, -0.15) is 0 Å². The van der Waals surface area contributed by atoms with Crippen LogP contribution < -0.4 is 15.5 Å². The Labute approximate surface area is 185 Å². The van der Waals surface area contributed by atoms with E-state index in [1.54, 1.807) is 17.0 Å². The van der Waals surface area contributed by atoms with E-state index < -0.39 is 0 Å². The molecule has 1 saturated heterocycles. The highest BCUT2D eigenvalue weighted by atomic mass is 35.5. The van der Waals surface area contributed by atoms with Crippen LogP contribution in [0.1, 0.15) is 12.8 Å². The molecule has 31 heavy (non-hydrogen) atoms. The van der Waals surface area contributed by atoms with Gasteiger partial charge >= 0.3 is 6.03 Å². The number of hydrogen-bond acceptors (Lipinski definition) is 4. The summed E-state index contributed by atoms with van der Waals surface area (Å²) in [5.41, 5.74) is 2.55. The molecule has 2 heterocycles.